The number of carbonyl (C=O) groups is 1. The van der Waals surface area contributed by atoms with Crippen molar-refractivity contribution in [2.45, 2.75) is 19.8 Å². The minimum atomic E-state index is 0.0634. The van der Waals surface area contributed by atoms with Gasteiger partial charge in [-0.1, -0.05) is 19.1 Å². The topological polar surface area (TPSA) is 17.1 Å². The van der Waals surface area contributed by atoms with Crippen LogP contribution in [0, 0.1) is 5.41 Å². The van der Waals surface area contributed by atoms with Gasteiger partial charge in [-0.3, -0.25) is 4.79 Å². The molecule has 1 rings (SSSR count). The van der Waals surface area contributed by atoms with Gasteiger partial charge in [0.25, 0.3) is 0 Å². The molecule has 0 aromatic carbocycles. The maximum absolute atomic E-state index is 10.7. The zero-order valence-corrected chi connectivity index (χ0v) is 6.26. The summed E-state index contributed by atoms with van der Waals surface area (Å²) in [5.74, 6) is 0.235. The Morgan fingerprint density at radius 3 is 2.90 bits per heavy atom. The van der Waals surface area contributed by atoms with Crippen LogP contribution < -0.4 is 0 Å². The van der Waals surface area contributed by atoms with Crippen molar-refractivity contribution in [2.75, 3.05) is 0 Å². The first-order chi connectivity index (χ1) is 4.66. The second kappa shape index (κ2) is 2.41. The van der Waals surface area contributed by atoms with Crippen LogP contribution in [0.5, 0.6) is 0 Å². The molecule has 0 radical (unpaired) electrons. The van der Waals surface area contributed by atoms with Crippen molar-refractivity contribution < 1.29 is 4.79 Å². The highest BCUT2D eigenvalue weighted by atomic mass is 16.1. The van der Waals surface area contributed by atoms with Gasteiger partial charge in [-0.05, 0) is 12.5 Å². The van der Waals surface area contributed by atoms with E-state index in [9.17, 15) is 4.79 Å². The molecule has 0 aromatic heterocycles. The summed E-state index contributed by atoms with van der Waals surface area (Å²) in [6.07, 6.45) is 7.07. The summed E-state index contributed by atoms with van der Waals surface area (Å²) < 4.78 is 0. The van der Waals surface area contributed by atoms with Crippen molar-refractivity contribution in [1.29, 1.82) is 0 Å². The number of hydrogen-bond acceptors (Lipinski definition) is 1. The SMILES string of the molecule is C=CC1(C)C=CC(=O)CC1. The van der Waals surface area contributed by atoms with Crippen molar-refractivity contribution >= 4 is 5.78 Å². The monoisotopic (exact) mass is 136 g/mol. The van der Waals surface area contributed by atoms with Crippen LogP contribution in [0.2, 0.25) is 0 Å². The number of allylic oxidation sites excluding steroid dienone is 3. The van der Waals surface area contributed by atoms with E-state index in [0.29, 0.717) is 6.42 Å². The van der Waals surface area contributed by atoms with Crippen molar-refractivity contribution in [3.63, 3.8) is 0 Å². The molecule has 0 fully saturated rings. The zero-order chi connectivity index (χ0) is 7.61. The Labute approximate surface area is 61.4 Å². The molecular formula is C9H12O. The maximum Gasteiger partial charge on any atom is 0.155 e. The predicted molar refractivity (Wildman–Crippen MR) is 41.7 cm³/mol. The van der Waals surface area contributed by atoms with Crippen LogP contribution in [0.25, 0.3) is 0 Å². The van der Waals surface area contributed by atoms with Gasteiger partial charge in [0.1, 0.15) is 0 Å². The smallest absolute Gasteiger partial charge is 0.155 e. The molecule has 0 aromatic rings. The summed E-state index contributed by atoms with van der Waals surface area (Å²) in [5, 5.41) is 0. The van der Waals surface area contributed by atoms with E-state index in [2.05, 4.69) is 13.5 Å². The fourth-order valence-corrected chi connectivity index (χ4v) is 1.01. The van der Waals surface area contributed by atoms with Crippen molar-refractivity contribution in [1.82, 2.24) is 0 Å². The second-order valence-electron chi connectivity index (χ2n) is 3.01. The lowest BCUT2D eigenvalue weighted by Gasteiger charge is -2.23. The Bertz CT molecular complexity index is 191. The summed E-state index contributed by atoms with van der Waals surface area (Å²) in [4.78, 5) is 10.7. The lowest BCUT2D eigenvalue weighted by Crippen LogP contribution is -2.16. The van der Waals surface area contributed by atoms with Gasteiger partial charge in [-0.15, -0.1) is 6.58 Å². The molecule has 0 N–H and O–H groups in total. The number of hydrogen-bond donors (Lipinski definition) is 0. The standard InChI is InChI=1S/C9H12O/c1-3-9(2)6-4-8(10)5-7-9/h3-4,6H,1,5,7H2,2H3. The Morgan fingerprint density at radius 1 is 1.80 bits per heavy atom. The molecule has 0 bridgehead atoms. The third-order valence-corrected chi connectivity index (χ3v) is 2.03. The third kappa shape index (κ3) is 1.35. The Morgan fingerprint density at radius 2 is 2.50 bits per heavy atom. The summed E-state index contributed by atoms with van der Waals surface area (Å²) >= 11 is 0. The molecule has 1 aliphatic carbocycles. The molecule has 1 atom stereocenters. The van der Waals surface area contributed by atoms with Crippen LogP contribution in [0.1, 0.15) is 19.8 Å². The van der Waals surface area contributed by atoms with E-state index in [4.69, 9.17) is 0 Å². The first kappa shape index (κ1) is 7.26. The lowest BCUT2D eigenvalue weighted by molar-refractivity contribution is -0.115. The quantitative estimate of drug-likeness (QED) is 0.504. The van der Waals surface area contributed by atoms with E-state index in [-0.39, 0.29) is 11.2 Å². The summed E-state index contributed by atoms with van der Waals surface area (Å²) in [7, 11) is 0. The van der Waals surface area contributed by atoms with Gasteiger partial charge in [-0.2, -0.15) is 0 Å². The highest BCUT2D eigenvalue weighted by molar-refractivity contribution is 5.90. The molecular weight excluding hydrogens is 124 g/mol. The van der Waals surface area contributed by atoms with Crippen LogP contribution in [-0.2, 0) is 4.79 Å². The Balaban J connectivity index is 2.77. The fraction of sp³-hybridized carbons (Fsp3) is 0.444. The Kier molecular flexibility index (Phi) is 1.75. The average molecular weight is 136 g/mol. The minimum Gasteiger partial charge on any atom is -0.295 e. The van der Waals surface area contributed by atoms with Crippen LogP contribution in [0.4, 0.5) is 0 Å². The normalized spacial score (nSPS) is 32.3. The van der Waals surface area contributed by atoms with E-state index < -0.39 is 0 Å². The molecule has 0 saturated carbocycles. The van der Waals surface area contributed by atoms with Crippen molar-refractivity contribution in [3.05, 3.63) is 24.8 Å². The van der Waals surface area contributed by atoms with Gasteiger partial charge in [0, 0.05) is 11.8 Å². The predicted octanol–water partition coefficient (Wildman–Crippen LogP) is 2.10. The molecule has 0 heterocycles. The van der Waals surface area contributed by atoms with Crippen LogP contribution >= 0.6 is 0 Å². The van der Waals surface area contributed by atoms with E-state index in [0.717, 1.165) is 6.42 Å². The molecule has 1 unspecified atom stereocenters. The molecule has 1 nitrogen and oxygen atoms in total. The fourth-order valence-electron chi connectivity index (χ4n) is 1.01. The van der Waals surface area contributed by atoms with Crippen molar-refractivity contribution in [2.24, 2.45) is 5.41 Å². The first-order valence-corrected chi connectivity index (χ1v) is 3.52. The molecule has 1 heteroatoms. The Hall–Kier alpha value is -0.850. The third-order valence-electron chi connectivity index (χ3n) is 2.03. The van der Waals surface area contributed by atoms with Gasteiger partial charge >= 0.3 is 0 Å². The number of ketones is 1. The minimum absolute atomic E-state index is 0.0634. The van der Waals surface area contributed by atoms with Gasteiger partial charge in [-0.25, -0.2) is 0 Å². The van der Waals surface area contributed by atoms with E-state index >= 15 is 0 Å². The largest absolute Gasteiger partial charge is 0.295 e. The summed E-state index contributed by atoms with van der Waals surface area (Å²) in [5.41, 5.74) is 0.0634. The van der Waals surface area contributed by atoms with E-state index in [1.807, 2.05) is 12.2 Å². The molecule has 54 valence electrons. The van der Waals surface area contributed by atoms with Gasteiger partial charge in [0.05, 0.1) is 0 Å². The molecule has 10 heavy (non-hydrogen) atoms. The number of rotatable bonds is 1. The highest BCUT2D eigenvalue weighted by Crippen LogP contribution is 2.29. The van der Waals surface area contributed by atoms with Crippen LogP contribution in [0.3, 0.4) is 0 Å². The second-order valence-corrected chi connectivity index (χ2v) is 3.01. The molecule has 0 spiro atoms. The highest BCUT2D eigenvalue weighted by Gasteiger charge is 2.21. The van der Waals surface area contributed by atoms with E-state index in [1.54, 1.807) is 6.08 Å². The first-order valence-electron chi connectivity index (χ1n) is 3.52. The van der Waals surface area contributed by atoms with Crippen molar-refractivity contribution in [3.8, 4) is 0 Å². The molecule has 0 aliphatic heterocycles. The van der Waals surface area contributed by atoms with Crippen LogP contribution in [0.15, 0.2) is 24.8 Å². The lowest BCUT2D eigenvalue weighted by atomic mass is 9.81. The summed E-state index contributed by atoms with van der Waals surface area (Å²) in [6, 6.07) is 0. The van der Waals surface area contributed by atoms with Gasteiger partial charge < -0.3 is 0 Å². The van der Waals surface area contributed by atoms with Crippen LogP contribution in [-0.4, -0.2) is 5.78 Å². The zero-order valence-electron chi connectivity index (χ0n) is 6.26. The maximum atomic E-state index is 10.7. The van der Waals surface area contributed by atoms with E-state index in [1.165, 1.54) is 0 Å². The average Bonchev–Trinajstić information content (AvgIpc) is 1.96. The molecule has 0 saturated heterocycles. The molecule has 1 aliphatic rings. The van der Waals surface area contributed by atoms with Gasteiger partial charge in [0.2, 0.25) is 0 Å². The number of carbonyl (C=O) groups excluding carboxylic acids is 1. The summed E-state index contributed by atoms with van der Waals surface area (Å²) in [6.45, 7) is 5.80. The molecule has 0 amide bonds. The van der Waals surface area contributed by atoms with Gasteiger partial charge in [0.15, 0.2) is 5.78 Å².